The number of pyridine rings is 1. The lowest BCUT2D eigenvalue weighted by molar-refractivity contribution is 0.102. The predicted molar refractivity (Wildman–Crippen MR) is 78.1 cm³/mol. The van der Waals surface area contributed by atoms with Gasteiger partial charge in [0.2, 0.25) is 0 Å². The highest BCUT2D eigenvalue weighted by Crippen LogP contribution is 2.25. The van der Waals surface area contributed by atoms with E-state index in [0.29, 0.717) is 21.4 Å². The van der Waals surface area contributed by atoms with E-state index in [2.05, 4.69) is 10.3 Å². The first-order valence-electron chi connectivity index (χ1n) is 5.15. The quantitative estimate of drug-likeness (QED) is 0.826. The molecular weight excluding hydrogens is 309 g/mol. The van der Waals surface area contributed by atoms with Crippen LogP contribution in [0.3, 0.4) is 0 Å². The van der Waals surface area contributed by atoms with Crippen LogP contribution in [0.15, 0.2) is 30.5 Å². The molecule has 0 fully saturated rings. The second kappa shape index (κ2) is 5.65. The van der Waals surface area contributed by atoms with Gasteiger partial charge in [-0.15, -0.1) is 0 Å². The fourth-order valence-corrected chi connectivity index (χ4v) is 1.88. The van der Waals surface area contributed by atoms with Gasteiger partial charge in [0.1, 0.15) is 5.15 Å². The van der Waals surface area contributed by atoms with Gasteiger partial charge >= 0.3 is 0 Å². The highest BCUT2D eigenvalue weighted by atomic mass is 35.5. The fraction of sp³-hybridized carbons (Fsp3) is 0. The van der Waals surface area contributed by atoms with Crippen LogP contribution in [0.4, 0.5) is 11.4 Å². The monoisotopic (exact) mass is 315 g/mol. The minimum Gasteiger partial charge on any atom is -0.397 e. The van der Waals surface area contributed by atoms with Crippen LogP contribution in [0.25, 0.3) is 0 Å². The molecular formula is C12H8Cl3N3O. The molecule has 1 aromatic carbocycles. The largest absolute Gasteiger partial charge is 0.397 e. The SMILES string of the molecule is Nc1cnc(Cl)c(C(=O)Nc2ccc(Cl)c(Cl)c2)c1. The summed E-state index contributed by atoms with van der Waals surface area (Å²) in [4.78, 5) is 15.8. The minimum atomic E-state index is -0.428. The normalized spacial score (nSPS) is 10.3. The van der Waals surface area contributed by atoms with Gasteiger partial charge in [0, 0.05) is 5.69 Å². The second-order valence-corrected chi connectivity index (χ2v) is 4.86. The van der Waals surface area contributed by atoms with Gasteiger partial charge in [-0.25, -0.2) is 4.98 Å². The Kier molecular flexibility index (Phi) is 4.14. The van der Waals surface area contributed by atoms with Crippen LogP contribution in [0, 0.1) is 0 Å². The van der Waals surface area contributed by atoms with E-state index in [4.69, 9.17) is 40.5 Å². The molecule has 0 aliphatic carbocycles. The number of nitrogens with one attached hydrogen (secondary N) is 1. The molecule has 0 unspecified atom stereocenters. The van der Waals surface area contributed by atoms with Crippen LogP contribution in [0.1, 0.15) is 10.4 Å². The van der Waals surface area contributed by atoms with Gasteiger partial charge in [-0.2, -0.15) is 0 Å². The second-order valence-electron chi connectivity index (χ2n) is 3.69. The standard InChI is InChI=1S/C12H8Cl3N3O/c13-9-2-1-7(4-10(9)14)18-12(19)8-3-6(16)5-17-11(8)15/h1-5H,16H2,(H,18,19). The van der Waals surface area contributed by atoms with E-state index >= 15 is 0 Å². The maximum Gasteiger partial charge on any atom is 0.258 e. The van der Waals surface area contributed by atoms with Crippen molar-refractivity contribution in [2.45, 2.75) is 0 Å². The first kappa shape index (κ1) is 13.9. The summed E-state index contributed by atoms with van der Waals surface area (Å²) < 4.78 is 0. The van der Waals surface area contributed by atoms with E-state index in [1.165, 1.54) is 18.3 Å². The van der Waals surface area contributed by atoms with Crippen LogP contribution in [0.5, 0.6) is 0 Å². The molecule has 0 aliphatic rings. The molecule has 0 radical (unpaired) electrons. The van der Waals surface area contributed by atoms with Gasteiger partial charge in [-0.1, -0.05) is 34.8 Å². The molecule has 0 aliphatic heterocycles. The number of carbonyl (C=O) groups is 1. The summed E-state index contributed by atoms with van der Waals surface area (Å²) in [6, 6.07) is 6.19. The van der Waals surface area contributed by atoms with E-state index in [1.54, 1.807) is 12.1 Å². The van der Waals surface area contributed by atoms with Crippen molar-refractivity contribution in [2.75, 3.05) is 11.1 Å². The van der Waals surface area contributed by atoms with E-state index in [9.17, 15) is 4.79 Å². The molecule has 98 valence electrons. The number of benzene rings is 1. The molecule has 0 spiro atoms. The van der Waals surface area contributed by atoms with Crippen molar-refractivity contribution in [2.24, 2.45) is 0 Å². The summed E-state index contributed by atoms with van der Waals surface area (Å²) in [7, 11) is 0. The third-order valence-electron chi connectivity index (χ3n) is 2.28. The van der Waals surface area contributed by atoms with E-state index in [0.717, 1.165) is 0 Å². The summed E-state index contributed by atoms with van der Waals surface area (Å²) >= 11 is 17.5. The number of anilines is 2. The molecule has 2 rings (SSSR count). The maximum atomic E-state index is 12.0. The average molecular weight is 317 g/mol. The van der Waals surface area contributed by atoms with Crippen LogP contribution < -0.4 is 11.1 Å². The first-order chi connectivity index (χ1) is 8.97. The van der Waals surface area contributed by atoms with Crippen LogP contribution in [-0.4, -0.2) is 10.9 Å². The molecule has 4 nitrogen and oxygen atoms in total. The molecule has 1 amide bonds. The predicted octanol–water partition coefficient (Wildman–Crippen LogP) is 3.88. The van der Waals surface area contributed by atoms with Gasteiger partial charge in [0.15, 0.2) is 0 Å². The Labute approximate surface area is 124 Å². The van der Waals surface area contributed by atoms with Crippen molar-refractivity contribution in [1.82, 2.24) is 4.98 Å². The average Bonchev–Trinajstić information content (AvgIpc) is 2.36. The van der Waals surface area contributed by atoms with Crippen molar-refractivity contribution in [1.29, 1.82) is 0 Å². The van der Waals surface area contributed by atoms with Crippen molar-refractivity contribution in [3.63, 3.8) is 0 Å². The maximum absolute atomic E-state index is 12.0. The van der Waals surface area contributed by atoms with E-state index in [1.807, 2.05) is 0 Å². The molecule has 2 aromatic rings. The molecule has 0 atom stereocenters. The molecule has 1 heterocycles. The number of nitrogens with zero attached hydrogens (tertiary/aromatic N) is 1. The first-order valence-corrected chi connectivity index (χ1v) is 6.28. The number of nitrogen functional groups attached to an aromatic ring is 1. The Morgan fingerprint density at radius 2 is 1.89 bits per heavy atom. The summed E-state index contributed by atoms with van der Waals surface area (Å²) in [5, 5.41) is 3.46. The number of aromatic nitrogens is 1. The van der Waals surface area contributed by atoms with Gasteiger partial charge in [0.05, 0.1) is 27.5 Å². The molecule has 19 heavy (non-hydrogen) atoms. The van der Waals surface area contributed by atoms with Gasteiger partial charge < -0.3 is 11.1 Å². The number of hydrogen-bond donors (Lipinski definition) is 2. The van der Waals surface area contributed by atoms with Crippen LogP contribution >= 0.6 is 34.8 Å². The van der Waals surface area contributed by atoms with Crippen molar-refractivity contribution in [3.05, 3.63) is 51.2 Å². The number of nitrogens with two attached hydrogens (primary N) is 1. The fourth-order valence-electron chi connectivity index (χ4n) is 1.40. The highest BCUT2D eigenvalue weighted by molar-refractivity contribution is 6.42. The molecule has 3 N–H and O–H groups in total. The van der Waals surface area contributed by atoms with Crippen molar-refractivity contribution >= 4 is 52.1 Å². The molecule has 0 saturated carbocycles. The number of rotatable bonds is 2. The van der Waals surface area contributed by atoms with Gasteiger partial charge in [-0.05, 0) is 24.3 Å². The topological polar surface area (TPSA) is 68.0 Å². The molecule has 1 aromatic heterocycles. The van der Waals surface area contributed by atoms with Gasteiger partial charge in [0.25, 0.3) is 5.91 Å². The Morgan fingerprint density at radius 1 is 1.16 bits per heavy atom. The zero-order valence-corrected chi connectivity index (χ0v) is 11.7. The van der Waals surface area contributed by atoms with E-state index < -0.39 is 5.91 Å². The van der Waals surface area contributed by atoms with Crippen molar-refractivity contribution in [3.8, 4) is 0 Å². The molecule has 7 heteroatoms. The van der Waals surface area contributed by atoms with Crippen molar-refractivity contribution < 1.29 is 4.79 Å². The number of halogens is 3. The number of carbonyl (C=O) groups excluding carboxylic acids is 1. The number of amides is 1. The Bertz CT molecular complexity index is 646. The van der Waals surface area contributed by atoms with Crippen LogP contribution in [0.2, 0.25) is 15.2 Å². The third kappa shape index (κ3) is 3.29. The summed E-state index contributed by atoms with van der Waals surface area (Å²) in [6.45, 7) is 0. The minimum absolute atomic E-state index is 0.0757. The Balaban J connectivity index is 2.25. The Morgan fingerprint density at radius 3 is 2.58 bits per heavy atom. The smallest absolute Gasteiger partial charge is 0.258 e. The lowest BCUT2D eigenvalue weighted by Gasteiger charge is -2.07. The summed E-state index contributed by atoms with van der Waals surface area (Å²) in [5.74, 6) is -0.428. The number of hydrogen-bond acceptors (Lipinski definition) is 3. The Hall–Kier alpha value is -1.49. The highest BCUT2D eigenvalue weighted by Gasteiger charge is 2.12. The van der Waals surface area contributed by atoms with Gasteiger partial charge in [-0.3, -0.25) is 4.79 Å². The van der Waals surface area contributed by atoms with E-state index in [-0.39, 0.29) is 10.7 Å². The lowest BCUT2D eigenvalue weighted by Crippen LogP contribution is -2.13. The zero-order valence-electron chi connectivity index (χ0n) is 9.45. The molecule has 0 saturated heterocycles. The molecule has 0 bridgehead atoms. The lowest BCUT2D eigenvalue weighted by atomic mass is 10.2. The third-order valence-corrected chi connectivity index (χ3v) is 3.32. The van der Waals surface area contributed by atoms with Crippen LogP contribution in [-0.2, 0) is 0 Å². The summed E-state index contributed by atoms with van der Waals surface area (Å²) in [6.07, 6.45) is 1.37. The zero-order chi connectivity index (χ0) is 14.0. The summed E-state index contributed by atoms with van der Waals surface area (Å²) in [5.41, 5.74) is 6.60.